The molecular formula is C14H19Br2NO. The van der Waals surface area contributed by atoms with Gasteiger partial charge in [0, 0.05) is 22.4 Å². The first-order valence-corrected chi connectivity index (χ1v) is 8.30. The third-order valence-electron chi connectivity index (χ3n) is 3.60. The second-order valence-corrected chi connectivity index (χ2v) is 6.39. The standard InChI is InChI=1S/C14H19Br2NO/c1-11-5-6-17(14(11)10-15)7-8-18-13-4-2-3-12(16)9-13/h2-4,9,11,14H,5-8,10H2,1H3. The van der Waals surface area contributed by atoms with Crippen LogP contribution in [0.3, 0.4) is 0 Å². The minimum atomic E-state index is 0.663. The highest BCUT2D eigenvalue weighted by Gasteiger charge is 2.29. The Labute approximate surface area is 126 Å². The van der Waals surface area contributed by atoms with Gasteiger partial charge in [-0.1, -0.05) is 44.8 Å². The summed E-state index contributed by atoms with van der Waals surface area (Å²) in [5, 5.41) is 1.06. The summed E-state index contributed by atoms with van der Waals surface area (Å²) >= 11 is 7.07. The van der Waals surface area contributed by atoms with E-state index in [1.54, 1.807) is 0 Å². The molecule has 1 aromatic rings. The summed E-state index contributed by atoms with van der Waals surface area (Å²) in [5.74, 6) is 1.72. The molecule has 1 saturated heterocycles. The van der Waals surface area contributed by atoms with Gasteiger partial charge in [-0.15, -0.1) is 0 Å². The minimum Gasteiger partial charge on any atom is -0.492 e. The van der Waals surface area contributed by atoms with Gasteiger partial charge in [0.25, 0.3) is 0 Å². The Morgan fingerprint density at radius 2 is 2.28 bits per heavy atom. The molecule has 1 fully saturated rings. The quantitative estimate of drug-likeness (QED) is 0.722. The van der Waals surface area contributed by atoms with E-state index in [1.165, 1.54) is 13.0 Å². The van der Waals surface area contributed by atoms with Gasteiger partial charge in [-0.2, -0.15) is 0 Å². The Morgan fingerprint density at radius 1 is 1.44 bits per heavy atom. The van der Waals surface area contributed by atoms with Gasteiger partial charge in [-0.25, -0.2) is 0 Å². The number of hydrogen-bond acceptors (Lipinski definition) is 2. The summed E-state index contributed by atoms with van der Waals surface area (Å²) in [6, 6.07) is 8.68. The lowest BCUT2D eigenvalue weighted by Gasteiger charge is -2.24. The maximum Gasteiger partial charge on any atom is 0.120 e. The fourth-order valence-corrected chi connectivity index (χ4v) is 3.88. The smallest absolute Gasteiger partial charge is 0.120 e. The normalized spacial score (nSPS) is 24.4. The van der Waals surface area contributed by atoms with Crippen molar-refractivity contribution in [2.45, 2.75) is 19.4 Å². The van der Waals surface area contributed by atoms with Crippen molar-refractivity contribution < 1.29 is 4.74 Å². The van der Waals surface area contributed by atoms with Crippen LogP contribution in [0.15, 0.2) is 28.7 Å². The highest BCUT2D eigenvalue weighted by atomic mass is 79.9. The van der Waals surface area contributed by atoms with E-state index in [-0.39, 0.29) is 0 Å². The van der Waals surface area contributed by atoms with Gasteiger partial charge >= 0.3 is 0 Å². The number of halogens is 2. The minimum absolute atomic E-state index is 0.663. The van der Waals surface area contributed by atoms with E-state index >= 15 is 0 Å². The number of rotatable bonds is 5. The molecule has 0 aliphatic carbocycles. The first-order valence-electron chi connectivity index (χ1n) is 6.39. The first kappa shape index (κ1) is 14.4. The molecule has 2 nitrogen and oxygen atoms in total. The van der Waals surface area contributed by atoms with Crippen LogP contribution >= 0.6 is 31.9 Å². The van der Waals surface area contributed by atoms with Crippen LogP contribution in [0.2, 0.25) is 0 Å². The number of benzene rings is 1. The van der Waals surface area contributed by atoms with E-state index < -0.39 is 0 Å². The van der Waals surface area contributed by atoms with E-state index in [0.29, 0.717) is 6.04 Å². The topological polar surface area (TPSA) is 12.5 Å². The van der Waals surface area contributed by atoms with Crippen LogP contribution in [0, 0.1) is 5.92 Å². The second-order valence-electron chi connectivity index (χ2n) is 4.83. The van der Waals surface area contributed by atoms with Crippen molar-refractivity contribution in [3.05, 3.63) is 28.7 Å². The zero-order chi connectivity index (χ0) is 13.0. The molecule has 0 spiro atoms. The Kier molecular flexibility index (Phi) is 5.52. The Bertz CT molecular complexity index is 386. The van der Waals surface area contributed by atoms with Crippen molar-refractivity contribution in [2.75, 3.05) is 25.0 Å². The van der Waals surface area contributed by atoms with Crippen LogP contribution in [0.5, 0.6) is 5.75 Å². The van der Waals surface area contributed by atoms with Crippen molar-refractivity contribution in [2.24, 2.45) is 5.92 Å². The van der Waals surface area contributed by atoms with Crippen molar-refractivity contribution in [3.63, 3.8) is 0 Å². The average Bonchev–Trinajstić information content (AvgIpc) is 2.70. The number of nitrogens with zero attached hydrogens (tertiary/aromatic N) is 1. The fraction of sp³-hybridized carbons (Fsp3) is 0.571. The van der Waals surface area contributed by atoms with Gasteiger partial charge in [0.15, 0.2) is 0 Å². The second kappa shape index (κ2) is 6.92. The molecule has 2 unspecified atom stereocenters. The van der Waals surface area contributed by atoms with E-state index in [2.05, 4.69) is 43.7 Å². The number of hydrogen-bond donors (Lipinski definition) is 0. The van der Waals surface area contributed by atoms with Crippen LogP contribution in [0.25, 0.3) is 0 Å². The van der Waals surface area contributed by atoms with Gasteiger partial charge in [-0.3, -0.25) is 4.90 Å². The van der Waals surface area contributed by atoms with E-state index in [4.69, 9.17) is 4.74 Å². The maximum atomic E-state index is 5.79. The molecule has 0 saturated carbocycles. The first-order chi connectivity index (χ1) is 8.70. The summed E-state index contributed by atoms with van der Waals surface area (Å²) in [6.45, 7) is 5.29. The molecule has 0 amide bonds. The fourth-order valence-electron chi connectivity index (χ4n) is 2.45. The van der Waals surface area contributed by atoms with Crippen LogP contribution in [-0.4, -0.2) is 36.0 Å². The van der Waals surface area contributed by atoms with Crippen LogP contribution in [-0.2, 0) is 0 Å². The van der Waals surface area contributed by atoms with Crippen molar-refractivity contribution in [1.29, 1.82) is 0 Å². The summed E-state index contributed by atoms with van der Waals surface area (Å²) < 4.78 is 6.85. The molecule has 0 bridgehead atoms. The molecule has 1 aromatic carbocycles. The molecule has 0 aromatic heterocycles. The lowest BCUT2D eigenvalue weighted by Crippen LogP contribution is -2.36. The summed E-state index contributed by atoms with van der Waals surface area (Å²) in [6.07, 6.45) is 1.30. The van der Waals surface area contributed by atoms with Crippen molar-refractivity contribution in [3.8, 4) is 5.75 Å². The highest BCUT2D eigenvalue weighted by Crippen LogP contribution is 2.25. The van der Waals surface area contributed by atoms with Gasteiger partial charge in [0.05, 0.1) is 0 Å². The lowest BCUT2D eigenvalue weighted by molar-refractivity contribution is 0.196. The molecule has 2 rings (SSSR count). The molecule has 100 valence electrons. The average molecular weight is 377 g/mol. The SMILES string of the molecule is CC1CCN(CCOc2cccc(Br)c2)C1CBr. The molecule has 1 aliphatic rings. The van der Waals surface area contributed by atoms with E-state index in [0.717, 1.165) is 34.6 Å². The lowest BCUT2D eigenvalue weighted by atomic mass is 10.1. The van der Waals surface area contributed by atoms with Crippen LogP contribution < -0.4 is 4.74 Å². The van der Waals surface area contributed by atoms with Crippen LogP contribution in [0.1, 0.15) is 13.3 Å². The van der Waals surface area contributed by atoms with Crippen molar-refractivity contribution >= 4 is 31.9 Å². The molecular weight excluding hydrogens is 358 g/mol. The highest BCUT2D eigenvalue weighted by molar-refractivity contribution is 9.10. The van der Waals surface area contributed by atoms with Crippen LogP contribution in [0.4, 0.5) is 0 Å². The van der Waals surface area contributed by atoms with Gasteiger partial charge in [-0.05, 0) is 37.1 Å². The number of alkyl halides is 1. The zero-order valence-corrected chi connectivity index (χ0v) is 13.8. The third kappa shape index (κ3) is 3.72. The van der Waals surface area contributed by atoms with Crippen molar-refractivity contribution in [1.82, 2.24) is 4.90 Å². The molecule has 2 atom stereocenters. The molecule has 0 radical (unpaired) electrons. The molecule has 4 heteroatoms. The zero-order valence-electron chi connectivity index (χ0n) is 10.6. The Hall–Kier alpha value is -0.0600. The summed E-state index contributed by atoms with van der Waals surface area (Å²) in [4.78, 5) is 2.53. The Morgan fingerprint density at radius 3 is 3.00 bits per heavy atom. The Balaban J connectivity index is 1.78. The number of likely N-dealkylation sites (tertiary alicyclic amines) is 1. The summed E-state index contributed by atoms with van der Waals surface area (Å²) in [5.41, 5.74) is 0. The van der Waals surface area contributed by atoms with Gasteiger partial charge < -0.3 is 4.74 Å². The maximum absolute atomic E-state index is 5.79. The monoisotopic (exact) mass is 375 g/mol. The van der Waals surface area contributed by atoms with Gasteiger partial charge in [0.1, 0.15) is 12.4 Å². The van der Waals surface area contributed by atoms with Gasteiger partial charge in [0.2, 0.25) is 0 Å². The third-order valence-corrected chi connectivity index (χ3v) is 4.76. The molecule has 0 N–H and O–H groups in total. The molecule has 18 heavy (non-hydrogen) atoms. The predicted octanol–water partition coefficient (Wildman–Crippen LogP) is 3.93. The summed E-state index contributed by atoms with van der Waals surface area (Å²) in [7, 11) is 0. The molecule has 1 aliphatic heterocycles. The largest absolute Gasteiger partial charge is 0.492 e. The van der Waals surface area contributed by atoms with E-state index in [1.807, 2.05) is 24.3 Å². The van der Waals surface area contributed by atoms with E-state index in [9.17, 15) is 0 Å². The molecule has 1 heterocycles. The predicted molar refractivity (Wildman–Crippen MR) is 82.6 cm³/mol. The number of ether oxygens (including phenoxy) is 1.